The smallest absolute Gasteiger partial charge is 0.407 e. The SMILES string of the molecule is CCC(C)C(C(=O)NC(Cc1ccccc1)C(O)CN(Cc1ccc2ccccc2n1)NC(=O)C(NC(=O)OC)C(C)(C)C)N1CCN(Cc2cccc(C)n2)C1=O. The number of amides is 5. The average molecular weight is 795 g/mol. The van der Waals surface area contributed by atoms with E-state index in [1.807, 2.05) is 126 Å². The molecule has 14 heteroatoms. The summed E-state index contributed by atoms with van der Waals surface area (Å²) in [6.07, 6.45) is -1.07. The molecule has 4 aromatic rings. The van der Waals surface area contributed by atoms with E-state index >= 15 is 0 Å². The van der Waals surface area contributed by atoms with Crippen molar-refractivity contribution in [1.82, 2.24) is 40.8 Å². The van der Waals surface area contributed by atoms with Crippen LogP contribution in [0.3, 0.4) is 0 Å². The van der Waals surface area contributed by atoms with Gasteiger partial charge in [0.2, 0.25) is 5.91 Å². The van der Waals surface area contributed by atoms with Crippen LogP contribution >= 0.6 is 0 Å². The fourth-order valence-corrected chi connectivity index (χ4v) is 7.21. The Balaban J connectivity index is 1.42. The molecular formula is C44H58N8O6. The predicted molar refractivity (Wildman–Crippen MR) is 222 cm³/mol. The van der Waals surface area contributed by atoms with Crippen LogP contribution in [0.1, 0.15) is 63.7 Å². The lowest BCUT2D eigenvalue weighted by atomic mass is 9.86. The highest BCUT2D eigenvalue weighted by molar-refractivity contribution is 5.88. The number of rotatable bonds is 17. The summed E-state index contributed by atoms with van der Waals surface area (Å²) < 4.78 is 4.82. The number of para-hydroxylation sites is 1. The van der Waals surface area contributed by atoms with Crippen molar-refractivity contribution in [2.45, 2.75) is 91.7 Å². The third-order valence-electron chi connectivity index (χ3n) is 10.6. The Morgan fingerprint density at radius 1 is 0.897 bits per heavy atom. The van der Waals surface area contributed by atoms with Crippen LogP contribution in [0.15, 0.2) is 84.9 Å². The molecule has 310 valence electrons. The number of pyridine rings is 2. The molecule has 1 fully saturated rings. The zero-order chi connectivity index (χ0) is 42.0. The van der Waals surface area contributed by atoms with Crippen LogP contribution in [0.2, 0.25) is 0 Å². The largest absolute Gasteiger partial charge is 0.453 e. The molecule has 4 N–H and O–H groups in total. The zero-order valence-corrected chi connectivity index (χ0v) is 34.6. The summed E-state index contributed by atoms with van der Waals surface area (Å²) in [6, 6.07) is 23.8. The van der Waals surface area contributed by atoms with E-state index in [4.69, 9.17) is 9.72 Å². The number of urea groups is 1. The second kappa shape index (κ2) is 19.7. The van der Waals surface area contributed by atoms with Crippen LogP contribution in [-0.4, -0.2) is 105 Å². The van der Waals surface area contributed by atoms with Gasteiger partial charge in [-0.05, 0) is 54.5 Å². The fourth-order valence-electron chi connectivity index (χ4n) is 7.21. The van der Waals surface area contributed by atoms with Gasteiger partial charge in [0, 0.05) is 30.7 Å². The van der Waals surface area contributed by atoms with Gasteiger partial charge in [-0.3, -0.25) is 25.0 Å². The van der Waals surface area contributed by atoms with Crippen molar-refractivity contribution in [1.29, 1.82) is 0 Å². The molecule has 0 saturated carbocycles. The summed E-state index contributed by atoms with van der Waals surface area (Å²) in [5.74, 6) is -1.09. The van der Waals surface area contributed by atoms with Gasteiger partial charge in [0.15, 0.2) is 0 Å². The van der Waals surface area contributed by atoms with Crippen LogP contribution in [0.25, 0.3) is 10.9 Å². The van der Waals surface area contributed by atoms with Crippen molar-refractivity contribution in [2.75, 3.05) is 26.7 Å². The summed E-state index contributed by atoms with van der Waals surface area (Å²) >= 11 is 0. The van der Waals surface area contributed by atoms with E-state index in [0.717, 1.165) is 27.9 Å². The molecule has 0 radical (unpaired) electrons. The minimum atomic E-state index is -1.22. The number of aliphatic hydroxyl groups is 1. The second-order valence-electron chi connectivity index (χ2n) is 16.2. The maximum absolute atomic E-state index is 14.5. The first-order chi connectivity index (χ1) is 27.7. The number of carbonyl (C=O) groups is 4. The van der Waals surface area contributed by atoms with E-state index in [-0.39, 0.29) is 37.4 Å². The van der Waals surface area contributed by atoms with Crippen molar-refractivity contribution >= 4 is 34.8 Å². The van der Waals surface area contributed by atoms with Gasteiger partial charge in [-0.2, -0.15) is 0 Å². The number of hydrazine groups is 1. The first kappa shape index (κ1) is 43.5. The lowest BCUT2D eigenvalue weighted by Crippen LogP contribution is -2.60. The normalized spacial score (nSPS) is 15.8. The topological polar surface area (TPSA) is 169 Å². The number of hydrogen-bond acceptors (Lipinski definition) is 9. The highest BCUT2D eigenvalue weighted by atomic mass is 16.5. The van der Waals surface area contributed by atoms with Gasteiger partial charge in [-0.1, -0.05) is 102 Å². The Bertz CT molecular complexity index is 2020. The maximum Gasteiger partial charge on any atom is 0.407 e. The van der Waals surface area contributed by atoms with Crippen LogP contribution in [0, 0.1) is 18.3 Å². The van der Waals surface area contributed by atoms with E-state index < -0.39 is 41.6 Å². The molecule has 58 heavy (non-hydrogen) atoms. The second-order valence-corrected chi connectivity index (χ2v) is 16.2. The molecule has 0 spiro atoms. The first-order valence-electron chi connectivity index (χ1n) is 19.9. The van der Waals surface area contributed by atoms with Crippen LogP contribution in [0.4, 0.5) is 9.59 Å². The summed E-state index contributed by atoms with van der Waals surface area (Å²) in [7, 11) is 1.23. The van der Waals surface area contributed by atoms with Crippen molar-refractivity contribution in [3.05, 3.63) is 108 Å². The molecule has 3 heterocycles. The molecule has 5 rings (SSSR count). The van der Waals surface area contributed by atoms with Crippen molar-refractivity contribution in [2.24, 2.45) is 11.3 Å². The molecule has 1 aliphatic heterocycles. The highest BCUT2D eigenvalue weighted by Gasteiger charge is 2.41. The van der Waals surface area contributed by atoms with E-state index in [1.54, 1.807) is 14.8 Å². The zero-order valence-electron chi connectivity index (χ0n) is 34.6. The van der Waals surface area contributed by atoms with E-state index in [1.165, 1.54) is 7.11 Å². The third-order valence-corrected chi connectivity index (χ3v) is 10.6. The van der Waals surface area contributed by atoms with Gasteiger partial charge in [0.25, 0.3) is 5.91 Å². The number of nitrogens with one attached hydrogen (secondary N) is 3. The number of carbonyl (C=O) groups excluding carboxylic acids is 4. The lowest BCUT2D eigenvalue weighted by molar-refractivity contribution is -0.133. The maximum atomic E-state index is 14.5. The third kappa shape index (κ3) is 11.5. The first-order valence-corrected chi connectivity index (χ1v) is 19.9. The number of aryl methyl sites for hydroxylation is 1. The van der Waals surface area contributed by atoms with Crippen LogP contribution in [0.5, 0.6) is 0 Å². The number of benzene rings is 2. The highest BCUT2D eigenvalue weighted by Crippen LogP contribution is 2.24. The van der Waals surface area contributed by atoms with Crippen molar-refractivity contribution in [3.63, 3.8) is 0 Å². The summed E-state index contributed by atoms with van der Waals surface area (Å²) in [6.45, 7) is 12.4. The number of fused-ring (bicyclic) bond motifs is 1. The Morgan fingerprint density at radius 2 is 1.62 bits per heavy atom. The van der Waals surface area contributed by atoms with Gasteiger partial charge in [0.05, 0.1) is 49.2 Å². The van der Waals surface area contributed by atoms with E-state index in [0.29, 0.717) is 31.7 Å². The van der Waals surface area contributed by atoms with Crippen LogP contribution in [-0.2, 0) is 33.8 Å². The Morgan fingerprint density at radius 3 is 2.31 bits per heavy atom. The van der Waals surface area contributed by atoms with Gasteiger partial charge in [0.1, 0.15) is 12.1 Å². The fraction of sp³-hybridized carbons (Fsp3) is 0.455. The summed E-state index contributed by atoms with van der Waals surface area (Å²) in [5, 5.41) is 20.4. The summed E-state index contributed by atoms with van der Waals surface area (Å²) in [4.78, 5) is 67.4. The standard InChI is InChI=1S/C44H58N8O6/c1-8-29(2)38(52-24-23-50(43(52)57)26-33-19-14-15-30(3)45-33)40(54)47-36(25-31-16-10-9-11-17-31)37(53)28-51(27-34-22-21-32-18-12-13-20-35(32)46-34)49-41(55)39(44(4,5)6)48-42(56)58-7/h9-22,29,36-39,53H,8,23-28H2,1-7H3,(H,47,54)(H,48,56)(H,49,55). The molecule has 5 atom stereocenters. The molecule has 14 nitrogen and oxygen atoms in total. The molecule has 2 aromatic carbocycles. The average Bonchev–Trinajstić information content (AvgIpc) is 3.54. The molecular weight excluding hydrogens is 737 g/mol. The quantitative estimate of drug-likeness (QED) is 0.108. The molecule has 0 aliphatic carbocycles. The van der Waals surface area contributed by atoms with Gasteiger partial charge in [-0.25, -0.2) is 14.6 Å². The Hall–Kier alpha value is -5.60. The minimum Gasteiger partial charge on any atom is -0.453 e. The summed E-state index contributed by atoms with van der Waals surface area (Å²) in [5.41, 5.74) is 6.12. The number of methoxy groups -OCH3 is 1. The van der Waals surface area contributed by atoms with Gasteiger partial charge >= 0.3 is 12.1 Å². The molecule has 2 aromatic heterocycles. The Kier molecular flexibility index (Phi) is 14.8. The predicted octanol–water partition coefficient (Wildman–Crippen LogP) is 4.98. The molecule has 0 bridgehead atoms. The number of nitrogens with zero attached hydrogens (tertiary/aromatic N) is 5. The van der Waals surface area contributed by atoms with E-state index in [2.05, 4.69) is 21.0 Å². The van der Waals surface area contributed by atoms with Crippen molar-refractivity contribution < 1.29 is 29.0 Å². The number of aromatic nitrogens is 2. The monoisotopic (exact) mass is 794 g/mol. The number of hydrogen-bond donors (Lipinski definition) is 4. The van der Waals surface area contributed by atoms with Crippen LogP contribution < -0.4 is 16.1 Å². The molecule has 5 amide bonds. The lowest BCUT2D eigenvalue weighted by Gasteiger charge is -2.36. The number of aliphatic hydroxyl groups excluding tert-OH is 1. The number of ether oxygens (including phenoxy) is 1. The van der Waals surface area contributed by atoms with Gasteiger partial charge < -0.3 is 30.3 Å². The Labute approximate surface area is 341 Å². The number of alkyl carbamates (subject to hydrolysis) is 1. The van der Waals surface area contributed by atoms with Crippen molar-refractivity contribution in [3.8, 4) is 0 Å². The molecule has 5 unspecified atom stereocenters. The molecule has 1 aliphatic rings. The van der Waals surface area contributed by atoms with Gasteiger partial charge in [-0.15, -0.1) is 0 Å². The van der Waals surface area contributed by atoms with E-state index in [9.17, 15) is 24.3 Å². The minimum absolute atomic E-state index is 0.0954. The molecule has 1 saturated heterocycles.